The lowest BCUT2D eigenvalue weighted by molar-refractivity contribution is 0.172. The molecule has 0 amide bonds. The number of rotatable bonds is 5. The number of hydrogen-bond donors (Lipinski definition) is 3. The smallest absolute Gasteiger partial charge is 0.148 e. The Morgan fingerprint density at radius 3 is 2.47 bits per heavy atom. The maximum absolute atomic E-state index is 5.44. The van der Waals surface area contributed by atoms with Crippen molar-refractivity contribution >= 4 is 11.6 Å². The molecular formula is C13H24N6. The van der Waals surface area contributed by atoms with Gasteiger partial charge in [-0.05, 0) is 33.9 Å². The Balaban J connectivity index is 2.09. The molecule has 0 spiro atoms. The van der Waals surface area contributed by atoms with Gasteiger partial charge in [-0.15, -0.1) is 0 Å². The molecule has 0 unspecified atom stereocenters. The Kier molecular flexibility index (Phi) is 4.21. The van der Waals surface area contributed by atoms with E-state index in [9.17, 15) is 0 Å². The normalized spacial score (nSPS) is 17.7. The Hall–Kier alpha value is -1.40. The van der Waals surface area contributed by atoms with Crippen LogP contribution in [0.25, 0.3) is 0 Å². The van der Waals surface area contributed by atoms with Crippen LogP contribution in [0.15, 0.2) is 6.33 Å². The van der Waals surface area contributed by atoms with E-state index < -0.39 is 0 Å². The van der Waals surface area contributed by atoms with E-state index >= 15 is 0 Å². The van der Waals surface area contributed by atoms with E-state index in [1.165, 1.54) is 32.0 Å². The lowest BCUT2D eigenvalue weighted by Crippen LogP contribution is -2.47. The van der Waals surface area contributed by atoms with Crippen LogP contribution >= 0.6 is 0 Å². The maximum Gasteiger partial charge on any atom is 0.148 e. The highest BCUT2D eigenvalue weighted by atomic mass is 15.3. The minimum absolute atomic E-state index is 0.244. The molecule has 19 heavy (non-hydrogen) atoms. The number of nitrogens with two attached hydrogens (primary N) is 1. The summed E-state index contributed by atoms with van der Waals surface area (Å²) in [5, 5.41) is 3.46. The average Bonchev–Trinajstić information content (AvgIpc) is 2.88. The third kappa shape index (κ3) is 2.79. The third-order valence-corrected chi connectivity index (χ3v) is 4.29. The van der Waals surface area contributed by atoms with Crippen LogP contribution in [0.4, 0.5) is 11.6 Å². The number of nitrogens with zero attached hydrogens (tertiary/aromatic N) is 3. The number of nitrogens with one attached hydrogen (secondary N) is 2. The molecule has 1 heterocycles. The van der Waals surface area contributed by atoms with Crippen molar-refractivity contribution in [2.24, 2.45) is 5.84 Å². The zero-order valence-corrected chi connectivity index (χ0v) is 12.0. The molecule has 4 N–H and O–H groups in total. The molecule has 1 aromatic rings. The van der Waals surface area contributed by atoms with E-state index in [1.807, 2.05) is 6.92 Å². The van der Waals surface area contributed by atoms with Crippen molar-refractivity contribution in [3.05, 3.63) is 11.9 Å². The second kappa shape index (κ2) is 5.71. The van der Waals surface area contributed by atoms with Crippen LogP contribution in [0, 0.1) is 6.92 Å². The standard InChI is InChI=1S/C13H24N6/c1-10-11(16-9-17-12(10)18-14)15-8-13(19(2)3)6-4-5-7-13/h9H,4-8,14H2,1-3H3,(H2,15,16,17,18). The molecule has 1 aliphatic carbocycles. The van der Waals surface area contributed by atoms with Gasteiger partial charge in [-0.25, -0.2) is 15.8 Å². The summed E-state index contributed by atoms with van der Waals surface area (Å²) in [6.07, 6.45) is 6.61. The first-order chi connectivity index (χ1) is 9.09. The molecule has 0 saturated heterocycles. The zero-order chi connectivity index (χ0) is 13.9. The number of hydrazine groups is 1. The molecule has 0 radical (unpaired) electrons. The fourth-order valence-electron chi connectivity index (χ4n) is 2.84. The van der Waals surface area contributed by atoms with E-state index in [2.05, 4.69) is 39.7 Å². The van der Waals surface area contributed by atoms with Gasteiger partial charge < -0.3 is 15.6 Å². The van der Waals surface area contributed by atoms with Gasteiger partial charge in [0, 0.05) is 17.6 Å². The Morgan fingerprint density at radius 2 is 1.89 bits per heavy atom. The predicted molar refractivity (Wildman–Crippen MR) is 78.0 cm³/mol. The fourth-order valence-corrected chi connectivity index (χ4v) is 2.84. The van der Waals surface area contributed by atoms with Gasteiger partial charge in [-0.2, -0.15) is 0 Å². The molecule has 0 aromatic carbocycles. The molecule has 2 rings (SSSR count). The van der Waals surface area contributed by atoms with Gasteiger partial charge >= 0.3 is 0 Å². The SMILES string of the molecule is Cc1c(NN)ncnc1NCC1(N(C)C)CCCC1. The number of anilines is 2. The van der Waals surface area contributed by atoms with E-state index in [1.54, 1.807) is 0 Å². The molecule has 0 atom stereocenters. The molecule has 6 nitrogen and oxygen atoms in total. The molecule has 0 bridgehead atoms. The highest BCUT2D eigenvalue weighted by Gasteiger charge is 2.35. The van der Waals surface area contributed by atoms with Crippen molar-refractivity contribution < 1.29 is 0 Å². The molecule has 1 saturated carbocycles. The van der Waals surface area contributed by atoms with Crippen molar-refractivity contribution in [3.63, 3.8) is 0 Å². The monoisotopic (exact) mass is 264 g/mol. The fraction of sp³-hybridized carbons (Fsp3) is 0.692. The third-order valence-electron chi connectivity index (χ3n) is 4.29. The van der Waals surface area contributed by atoms with Gasteiger partial charge in [0.2, 0.25) is 0 Å². The van der Waals surface area contributed by atoms with Crippen LogP contribution < -0.4 is 16.6 Å². The second-order valence-corrected chi connectivity index (χ2v) is 5.52. The summed E-state index contributed by atoms with van der Waals surface area (Å²) in [6, 6.07) is 0. The summed E-state index contributed by atoms with van der Waals surface area (Å²) in [6.45, 7) is 2.87. The maximum atomic E-state index is 5.44. The molecule has 1 aromatic heterocycles. The lowest BCUT2D eigenvalue weighted by atomic mass is 9.96. The predicted octanol–water partition coefficient (Wildman–Crippen LogP) is 1.36. The first-order valence-corrected chi connectivity index (χ1v) is 6.78. The summed E-state index contributed by atoms with van der Waals surface area (Å²) >= 11 is 0. The van der Waals surface area contributed by atoms with Crippen LogP contribution in [0.2, 0.25) is 0 Å². The van der Waals surface area contributed by atoms with Gasteiger partial charge in [0.05, 0.1) is 0 Å². The van der Waals surface area contributed by atoms with Crippen molar-refractivity contribution in [1.29, 1.82) is 0 Å². The number of aromatic nitrogens is 2. The van der Waals surface area contributed by atoms with Crippen LogP contribution in [0.1, 0.15) is 31.2 Å². The van der Waals surface area contributed by atoms with Gasteiger partial charge in [-0.3, -0.25) is 0 Å². The molecule has 1 aliphatic rings. The summed E-state index contributed by atoms with van der Waals surface area (Å²) in [7, 11) is 4.32. The number of likely N-dealkylation sites (N-methyl/N-ethyl adjacent to an activating group) is 1. The molecule has 0 aliphatic heterocycles. The summed E-state index contributed by atoms with van der Waals surface area (Å²) < 4.78 is 0. The first kappa shape index (κ1) is 14.0. The van der Waals surface area contributed by atoms with Crippen molar-refractivity contribution in [2.45, 2.75) is 38.1 Å². The van der Waals surface area contributed by atoms with Crippen LogP contribution in [-0.4, -0.2) is 41.0 Å². The zero-order valence-electron chi connectivity index (χ0n) is 12.0. The Morgan fingerprint density at radius 1 is 1.26 bits per heavy atom. The lowest BCUT2D eigenvalue weighted by Gasteiger charge is -2.36. The highest BCUT2D eigenvalue weighted by Crippen LogP contribution is 2.34. The molecule has 106 valence electrons. The van der Waals surface area contributed by atoms with Crippen molar-refractivity contribution in [2.75, 3.05) is 31.4 Å². The van der Waals surface area contributed by atoms with Gasteiger partial charge in [0.25, 0.3) is 0 Å². The quantitative estimate of drug-likeness (QED) is 0.550. The number of hydrogen-bond acceptors (Lipinski definition) is 6. The Labute approximate surface area is 114 Å². The van der Waals surface area contributed by atoms with E-state index in [0.29, 0.717) is 5.82 Å². The van der Waals surface area contributed by atoms with Crippen LogP contribution in [0.3, 0.4) is 0 Å². The summed E-state index contributed by atoms with van der Waals surface area (Å²) in [5.41, 5.74) is 3.79. The van der Waals surface area contributed by atoms with Crippen molar-refractivity contribution in [1.82, 2.24) is 14.9 Å². The molecule has 1 fully saturated rings. The summed E-state index contributed by atoms with van der Waals surface area (Å²) in [4.78, 5) is 10.7. The van der Waals surface area contributed by atoms with Crippen LogP contribution in [0.5, 0.6) is 0 Å². The van der Waals surface area contributed by atoms with Gasteiger partial charge in [0.15, 0.2) is 0 Å². The average molecular weight is 264 g/mol. The minimum atomic E-state index is 0.244. The highest BCUT2D eigenvalue weighted by molar-refractivity contribution is 5.55. The van der Waals surface area contributed by atoms with E-state index in [-0.39, 0.29) is 5.54 Å². The van der Waals surface area contributed by atoms with E-state index in [4.69, 9.17) is 5.84 Å². The first-order valence-electron chi connectivity index (χ1n) is 6.78. The topological polar surface area (TPSA) is 79.1 Å². The minimum Gasteiger partial charge on any atom is -0.368 e. The van der Waals surface area contributed by atoms with E-state index in [0.717, 1.165) is 17.9 Å². The number of nitrogen functional groups attached to an aromatic ring is 1. The van der Waals surface area contributed by atoms with Crippen molar-refractivity contribution in [3.8, 4) is 0 Å². The molecular weight excluding hydrogens is 240 g/mol. The largest absolute Gasteiger partial charge is 0.368 e. The van der Waals surface area contributed by atoms with Gasteiger partial charge in [-0.1, -0.05) is 12.8 Å². The summed E-state index contributed by atoms with van der Waals surface area (Å²) in [5.74, 6) is 6.96. The Bertz CT molecular complexity index is 425. The van der Waals surface area contributed by atoms with Gasteiger partial charge in [0.1, 0.15) is 18.0 Å². The van der Waals surface area contributed by atoms with Crippen LogP contribution in [-0.2, 0) is 0 Å². The second-order valence-electron chi connectivity index (χ2n) is 5.52. The molecule has 6 heteroatoms.